The highest BCUT2D eigenvalue weighted by molar-refractivity contribution is 5.71. The molecule has 0 aliphatic heterocycles. The van der Waals surface area contributed by atoms with Crippen molar-refractivity contribution in [1.29, 1.82) is 0 Å². The fourth-order valence-corrected chi connectivity index (χ4v) is 7.57. The van der Waals surface area contributed by atoms with Gasteiger partial charge in [0.2, 0.25) is 0 Å². The van der Waals surface area contributed by atoms with E-state index in [0.717, 1.165) is 167 Å². The zero-order valence-corrected chi connectivity index (χ0v) is 50.0. The summed E-state index contributed by atoms with van der Waals surface area (Å²) in [6, 6.07) is 0. The quantitative estimate of drug-likeness (QED) is 0.0261. The zero-order valence-electron chi connectivity index (χ0n) is 50.0. The molecule has 0 amide bonds. The maximum absolute atomic E-state index is 12.9. The Morgan fingerprint density at radius 2 is 0.468 bits per heavy atom. The van der Waals surface area contributed by atoms with Gasteiger partial charge in [0, 0.05) is 19.3 Å². The van der Waals surface area contributed by atoms with Crippen LogP contribution in [0.4, 0.5) is 0 Å². The molecule has 6 heteroatoms. The van der Waals surface area contributed by atoms with Crippen molar-refractivity contribution in [3.63, 3.8) is 0 Å². The summed E-state index contributed by atoms with van der Waals surface area (Å²) in [7, 11) is 0. The summed E-state index contributed by atoms with van der Waals surface area (Å²) in [6.45, 7) is 6.19. The van der Waals surface area contributed by atoms with Crippen molar-refractivity contribution >= 4 is 17.9 Å². The van der Waals surface area contributed by atoms with Crippen LogP contribution in [0.15, 0.2) is 194 Å². The predicted octanol–water partition coefficient (Wildman–Crippen LogP) is 21.4. The normalized spacial score (nSPS) is 13.5. The van der Waals surface area contributed by atoms with Gasteiger partial charge in [-0.05, 0) is 154 Å². The molecule has 0 rings (SSSR count). The van der Waals surface area contributed by atoms with Crippen molar-refractivity contribution in [2.75, 3.05) is 13.2 Å². The van der Waals surface area contributed by atoms with E-state index in [0.29, 0.717) is 19.3 Å². The van der Waals surface area contributed by atoms with Crippen LogP contribution in [0.1, 0.15) is 226 Å². The van der Waals surface area contributed by atoms with Gasteiger partial charge in [-0.15, -0.1) is 0 Å². The molecule has 0 N–H and O–H groups in total. The molecule has 0 aromatic rings. The molecule has 0 heterocycles. The predicted molar refractivity (Wildman–Crippen MR) is 343 cm³/mol. The Hall–Kier alpha value is -5.75. The monoisotopic (exact) mass is 1080 g/mol. The molecule has 0 bridgehead atoms. The van der Waals surface area contributed by atoms with Crippen molar-refractivity contribution in [3.8, 4) is 0 Å². The Labute approximate surface area is 484 Å². The number of ether oxygens (including phenoxy) is 3. The molecular weight excluding hydrogens is 973 g/mol. The van der Waals surface area contributed by atoms with Crippen LogP contribution >= 0.6 is 0 Å². The highest BCUT2D eigenvalue weighted by atomic mass is 16.6. The first-order valence-electron chi connectivity index (χ1n) is 30.9. The third-order valence-corrected chi connectivity index (χ3v) is 12.1. The summed E-state index contributed by atoms with van der Waals surface area (Å²) in [5.74, 6) is -1.05. The number of allylic oxidation sites excluding steroid dienone is 32. The Morgan fingerprint density at radius 3 is 0.759 bits per heavy atom. The number of carbonyl (C=O) groups excluding carboxylic acids is 3. The molecule has 1 unspecified atom stereocenters. The Morgan fingerprint density at radius 1 is 0.253 bits per heavy atom. The molecule has 0 radical (unpaired) electrons. The van der Waals surface area contributed by atoms with Gasteiger partial charge in [-0.25, -0.2) is 0 Å². The number of esters is 3. The van der Waals surface area contributed by atoms with Crippen LogP contribution in [0, 0.1) is 0 Å². The topological polar surface area (TPSA) is 78.9 Å². The van der Waals surface area contributed by atoms with Crippen LogP contribution in [0.5, 0.6) is 0 Å². The lowest BCUT2D eigenvalue weighted by molar-refractivity contribution is -0.167. The van der Waals surface area contributed by atoms with Crippen molar-refractivity contribution in [1.82, 2.24) is 0 Å². The molecule has 6 nitrogen and oxygen atoms in total. The molecule has 0 aliphatic carbocycles. The van der Waals surface area contributed by atoms with E-state index < -0.39 is 6.10 Å². The SMILES string of the molecule is CC/C=C\C/C=C\C/C=C\C/C=C\C/C=C\C/C=C\C/C=C\CCCC(=O)OC(COC(=O)CCCCC/C=C\C/C=C\C/C=C\CC)COC(=O)CCCCCCCC/C=C\C/C=C\C/C=C\C/C=C\C/C=C\C/C=C\CC. The van der Waals surface area contributed by atoms with Crippen LogP contribution in [0.25, 0.3) is 0 Å². The molecule has 1 atom stereocenters. The first kappa shape index (κ1) is 73.2. The first-order chi connectivity index (χ1) is 39.0. The third-order valence-electron chi connectivity index (χ3n) is 12.1. The van der Waals surface area contributed by atoms with Crippen molar-refractivity contribution in [2.24, 2.45) is 0 Å². The van der Waals surface area contributed by atoms with Gasteiger partial charge in [-0.2, -0.15) is 0 Å². The molecule has 0 aromatic carbocycles. The molecular formula is C73H110O6. The zero-order chi connectivity index (χ0) is 57.1. The van der Waals surface area contributed by atoms with E-state index in [9.17, 15) is 14.4 Å². The molecule has 0 spiro atoms. The van der Waals surface area contributed by atoms with Gasteiger partial charge in [0.05, 0.1) is 0 Å². The third kappa shape index (κ3) is 63.0. The summed E-state index contributed by atoms with van der Waals surface area (Å²) in [5, 5.41) is 0. The van der Waals surface area contributed by atoms with Crippen LogP contribution < -0.4 is 0 Å². The van der Waals surface area contributed by atoms with E-state index >= 15 is 0 Å². The van der Waals surface area contributed by atoms with E-state index in [1.807, 2.05) is 0 Å². The van der Waals surface area contributed by atoms with Crippen LogP contribution in [-0.2, 0) is 28.6 Å². The van der Waals surface area contributed by atoms with Gasteiger partial charge in [-0.1, -0.05) is 247 Å². The average molecular weight is 1080 g/mol. The van der Waals surface area contributed by atoms with Crippen LogP contribution in [0.2, 0.25) is 0 Å². The van der Waals surface area contributed by atoms with Crippen molar-refractivity contribution in [2.45, 2.75) is 232 Å². The van der Waals surface area contributed by atoms with Gasteiger partial charge in [0.1, 0.15) is 13.2 Å². The van der Waals surface area contributed by atoms with Gasteiger partial charge in [0.15, 0.2) is 6.10 Å². The summed E-state index contributed by atoms with van der Waals surface area (Å²) < 4.78 is 16.8. The second-order valence-electron chi connectivity index (χ2n) is 19.5. The Kier molecular flexibility index (Phi) is 60.1. The Bertz CT molecular complexity index is 1920. The number of carbonyl (C=O) groups is 3. The summed E-state index contributed by atoms with van der Waals surface area (Å²) in [5.41, 5.74) is 0. The second-order valence-corrected chi connectivity index (χ2v) is 19.5. The lowest BCUT2D eigenvalue weighted by atomic mass is 10.1. The minimum absolute atomic E-state index is 0.130. The molecule has 0 aliphatic rings. The van der Waals surface area contributed by atoms with E-state index in [1.54, 1.807) is 0 Å². The first-order valence-corrected chi connectivity index (χ1v) is 30.9. The van der Waals surface area contributed by atoms with Gasteiger partial charge in [-0.3, -0.25) is 14.4 Å². The number of hydrogen-bond acceptors (Lipinski definition) is 6. The smallest absolute Gasteiger partial charge is 0.306 e. The molecule has 0 saturated carbocycles. The largest absolute Gasteiger partial charge is 0.462 e. The molecule has 438 valence electrons. The standard InChI is InChI=1S/C73H110O6/c1-4-7-10-13-16-19-22-25-27-29-31-33-35-36-38-39-41-43-45-48-51-54-57-60-63-66-72(75)78-69-70(68-77-71(74)65-62-59-56-53-50-47-24-21-18-15-12-9-6-3)79-73(76)67-64-61-58-55-52-49-46-44-42-40-37-34-32-30-28-26-23-20-17-14-11-8-5-2/h7-12,16-21,25-28,31-34,36,38,40-43,46-47,49-50,55,58,70H,4-6,13-15,22-24,29-30,35,37,39,44-45,48,51-54,56-57,59-69H2,1-3H3/b10-7-,11-8-,12-9-,19-16-,20-17-,21-18-,27-25-,28-26-,33-31-,34-32-,38-36-,42-40-,43-41-,49-46-,50-47-,58-55-. The second kappa shape index (κ2) is 64.8. The van der Waals surface area contributed by atoms with E-state index in [2.05, 4.69) is 215 Å². The number of unbranched alkanes of at least 4 members (excludes halogenated alkanes) is 10. The van der Waals surface area contributed by atoms with E-state index in [4.69, 9.17) is 14.2 Å². The van der Waals surface area contributed by atoms with Gasteiger partial charge in [0.25, 0.3) is 0 Å². The van der Waals surface area contributed by atoms with E-state index in [-0.39, 0.29) is 37.5 Å². The molecule has 79 heavy (non-hydrogen) atoms. The Balaban J connectivity index is 4.55. The summed E-state index contributed by atoms with van der Waals surface area (Å²) in [6.07, 6.45) is 98.6. The highest BCUT2D eigenvalue weighted by Crippen LogP contribution is 2.12. The van der Waals surface area contributed by atoms with Crippen molar-refractivity contribution in [3.05, 3.63) is 194 Å². The summed E-state index contributed by atoms with van der Waals surface area (Å²) in [4.78, 5) is 38.3. The minimum atomic E-state index is -0.841. The van der Waals surface area contributed by atoms with E-state index in [1.165, 1.54) is 12.8 Å². The maximum atomic E-state index is 12.9. The number of hydrogen-bond donors (Lipinski definition) is 0. The van der Waals surface area contributed by atoms with Gasteiger partial charge < -0.3 is 14.2 Å². The fraction of sp³-hybridized carbons (Fsp3) is 0.521. The summed E-state index contributed by atoms with van der Waals surface area (Å²) >= 11 is 0. The van der Waals surface area contributed by atoms with Crippen LogP contribution in [-0.4, -0.2) is 37.2 Å². The average Bonchev–Trinajstić information content (AvgIpc) is 3.45. The number of rotatable bonds is 53. The van der Waals surface area contributed by atoms with Crippen molar-refractivity contribution < 1.29 is 28.6 Å². The molecule has 0 aromatic heterocycles. The highest BCUT2D eigenvalue weighted by Gasteiger charge is 2.19. The molecule has 0 fully saturated rings. The fourth-order valence-electron chi connectivity index (χ4n) is 7.57. The minimum Gasteiger partial charge on any atom is -0.462 e. The molecule has 0 saturated heterocycles. The van der Waals surface area contributed by atoms with Gasteiger partial charge >= 0.3 is 17.9 Å². The van der Waals surface area contributed by atoms with Crippen LogP contribution in [0.3, 0.4) is 0 Å². The maximum Gasteiger partial charge on any atom is 0.306 e. The lowest BCUT2D eigenvalue weighted by Crippen LogP contribution is -2.30. The lowest BCUT2D eigenvalue weighted by Gasteiger charge is -2.18.